The third kappa shape index (κ3) is 7.02. The van der Waals surface area contributed by atoms with Crippen LogP contribution in [0.5, 0.6) is 0 Å². The van der Waals surface area contributed by atoms with E-state index >= 15 is 0 Å². The van der Waals surface area contributed by atoms with Gasteiger partial charge in [0, 0.05) is 12.5 Å². The van der Waals surface area contributed by atoms with Crippen LogP contribution in [0.4, 0.5) is 4.79 Å². The molecule has 0 fully saturated rings. The molecule has 28 heavy (non-hydrogen) atoms. The SMILES string of the molecule is CCNC(=O)C(=O)[C@@H](NC(=O)[C@H](CC(C)C)NC(=O)O)C(C)c1ccccc1. The van der Waals surface area contributed by atoms with Gasteiger partial charge in [0.15, 0.2) is 0 Å². The molecule has 0 heterocycles. The zero-order chi connectivity index (χ0) is 21.3. The molecule has 0 aliphatic carbocycles. The Balaban J connectivity index is 3.12. The molecule has 3 amide bonds. The zero-order valence-electron chi connectivity index (χ0n) is 16.7. The van der Waals surface area contributed by atoms with E-state index in [0.29, 0.717) is 0 Å². The second kappa shape index (κ2) is 11.1. The van der Waals surface area contributed by atoms with Crippen LogP contribution in [0.15, 0.2) is 30.3 Å². The van der Waals surface area contributed by atoms with Gasteiger partial charge >= 0.3 is 6.09 Å². The number of Topliss-reactive ketones (excluding diaryl/α,β-unsaturated/α-hetero) is 1. The molecule has 0 saturated heterocycles. The van der Waals surface area contributed by atoms with Gasteiger partial charge in [0.25, 0.3) is 5.91 Å². The number of carboxylic acid groups (broad SMARTS) is 1. The van der Waals surface area contributed by atoms with Crippen molar-refractivity contribution < 1.29 is 24.3 Å². The lowest BCUT2D eigenvalue weighted by atomic mass is 9.89. The Kier molecular flexibility index (Phi) is 9.14. The molecule has 3 atom stereocenters. The van der Waals surface area contributed by atoms with Crippen LogP contribution in [0.25, 0.3) is 0 Å². The fourth-order valence-electron chi connectivity index (χ4n) is 2.86. The highest BCUT2D eigenvalue weighted by Crippen LogP contribution is 2.20. The minimum absolute atomic E-state index is 0.0479. The fourth-order valence-corrected chi connectivity index (χ4v) is 2.86. The molecule has 4 N–H and O–H groups in total. The predicted octanol–water partition coefficient (Wildman–Crippen LogP) is 1.66. The number of carbonyl (C=O) groups is 4. The molecule has 8 heteroatoms. The number of hydrogen-bond acceptors (Lipinski definition) is 4. The number of benzene rings is 1. The predicted molar refractivity (Wildman–Crippen MR) is 105 cm³/mol. The van der Waals surface area contributed by atoms with Crippen LogP contribution in [-0.2, 0) is 14.4 Å². The maximum Gasteiger partial charge on any atom is 0.405 e. The molecule has 1 rings (SSSR count). The number of carbonyl (C=O) groups excluding carboxylic acids is 3. The maximum atomic E-state index is 12.7. The highest BCUT2D eigenvalue weighted by Gasteiger charge is 2.34. The summed E-state index contributed by atoms with van der Waals surface area (Å²) >= 11 is 0. The van der Waals surface area contributed by atoms with Crippen molar-refractivity contribution in [3.05, 3.63) is 35.9 Å². The number of likely N-dealkylation sites (N-methyl/N-ethyl adjacent to an activating group) is 1. The molecule has 0 aliphatic rings. The van der Waals surface area contributed by atoms with Crippen LogP contribution in [0.2, 0.25) is 0 Å². The Hall–Kier alpha value is -2.90. The first-order valence-electron chi connectivity index (χ1n) is 9.34. The summed E-state index contributed by atoms with van der Waals surface area (Å²) in [6.07, 6.45) is -1.07. The molecule has 0 saturated carbocycles. The van der Waals surface area contributed by atoms with Crippen LogP contribution in [-0.4, -0.2) is 47.4 Å². The minimum atomic E-state index is -1.33. The monoisotopic (exact) mass is 391 g/mol. The number of hydrogen-bond donors (Lipinski definition) is 4. The normalized spacial score (nSPS) is 13.9. The second-order valence-corrected chi connectivity index (χ2v) is 7.04. The molecular formula is C20H29N3O5. The summed E-state index contributed by atoms with van der Waals surface area (Å²) < 4.78 is 0. The van der Waals surface area contributed by atoms with Crippen molar-refractivity contribution in [1.82, 2.24) is 16.0 Å². The number of amides is 3. The molecule has 1 aromatic rings. The Labute approximate surface area is 165 Å². The molecule has 0 aromatic heterocycles. The molecule has 154 valence electrons. The first-order chi connectivity index (χ1) is 13.2. The van der Waals surface area contributed by atoms with Crippen molar-refractivity contribution in [2.45, 2.75) is 52.1 Å². The van der Waals surface area contributed by atoms with Crippen LogP contribution >= 0.6 is 0 Å². The van der Waals surface area contributed by atoms with E-state index in [0.717, 1.165) is 5.56 Å². The zero-order valence-corrected chi connectivity index (χ0v) is 16.7. The molecule has 0 radical (unpaired) electrons. The average Bonchev–Trinajstić information content (AvgIpc) is 2.64. The van der Waals surface area contributed by atoms with E-state index in [2.05, 4.69) is 16.0 Å². The van der Waals surface area contributed by atoms with Gasteiger partial charge in [0.1, 0.15) is 12.1 Å². The van der Waals surface area contributed by atoms with Crippen LogP contribution in [0, 0.1) is 5.92 Å². The van der Waals surface area contributed by atoms with Crippen LogP contribution < -0.4 is 16.0 Å². The Bertz CT molecular complexity index is 690. The van der Waals surface area contributed by atoms with Crippen LogP contribution in [0.1, 0.15) is 45.6 Å². The van der Waals surface area contributed by atoms with Gasteiger partial charge in [0.05, 0.1) is 0 Å². The summed E-state index contributed by atoms with van der Waals surface area (Å²) in [4.78, 5) is 48.6. The minimum Gasteiger partial charge on any atom is -0.465 e. The van der Waals surface area contributed by atoms with E-state index in [4.69, 9.17) is 5.11 Å². The topological polar surface area (TPSA) is 125 Å². The number of rotatable bonds is 10. The molecule has 0 spiro atoms. The largest absolute Gasteiger partial charge is 0.465 e. The first-order valence-corrected chi connectivity index (χ1v) is 9.34. The van der Waals surface area contributed by atoms with E-state index in [1.165, 1.54) is 0 Å². The van der Waals surface area contributed by atoms with Gasteiger partial charge in [-0.25, -0.2) is 4.79 Å². The van der Waals surface area contributed by atoms with Crippen LogP contribution in [0.3, 0.4) is 0 Å². The van der Waals surface area contributed by atoms with E-state index in [1.807, 2.05) is 19.9 Å². The summed E-state index contributed by atoms with van der Waals surface area (Å²) in [5.41, 5.74) is 0.775. The van der Waals surface area contributed by atoms with E-state index in [-0.39, 0.29) is 18.9 Å². The van der Waals surface area contributed by atoms with Crippen molar-refractivity contribution in [3.8, 4) is 0 Å². The van der Waals surface area contributed by atoms with E-state index in [9.17, 15) is 19.2 Å². The smallest absolute Gasteiger partial charge is 0.405 e. The van der Waals surface area contributed by atoms with Crippen molar-refractivity contribution in [2.24, 2.45) is 5.92 Å². The first kappa shape index (κ1) is 23.1. The van der Waals surface area contributed by atoms with E-state index < -0.39 is 41.7 Å². The lowest BCUT2D eigenvalue weighted by Crippen LogP contribution is -2.55. The third-order valence-corrected chi connectivity index (χ3v) is 4.29. The molecule has 8 nitrogen and oxygen atoms in total. The van der Waals surface area contributed by atoms with Gasteiger partial charge in [-0.1, -0.05) is 51.1 Å². The number of ketones is 1. The average molecular weight is 391 g/mol. The summed E-state index contributed by atoms with van der Waals surface area (Å²) in [7, 11) is 0. The molecular weight excluding hydrogens is 362 g/mol. The van der Waals surface area contributed by atoms with Crippen molar-refractivity contribution in [2.75, 3.05) is 6.54 Å². The molecule has 0 bridgehead atoms. The van der Waals surface area contributed by atoms with E-state index in [1.54, 1.807) is 38.1 Å². The quantitative estimate of drug-likeness (QED) is 0.452. The Morgan fingerprint density at radius 3 is 2.11 bits per heavy atom. The van der Waals surface area contributed by atoms with Gasteiger partial charge in [-0.3, -0.25) is 14.4 Å². The maximum absolute atomic E-state index is 12.7. The standard InChI is InChI=1S/C20H29N3O5/c1-5-21-19(26)17(24)16(13(4)14-9-7-6-8-10-14)23-18(25)15(11-12(2)3)22-20(27)28/h6-10,12-13,15-16,22H,5,11H2,1-4H3,(H,21,26)(H,23,25)(H,27,28)/t13?,15-,16-/m0/s1. The summed E-state index contributed by atoms with van der Waals surface area (Å²) in [6, 6.07) is 6.89. The summed E-state index contributed by atoms with van der Waals surface area (Å²) in [6.45, 7) is 7.41. The van der Waals surface area contributed by atoms with Crippen molar-refractivity contribution >= 4 is 23.7 Å². The fraction of sp³-hybridized carbons (Fsp3) is 0.500. The molecule has 0 aliphatic heterocycles. The Morgan fingerprint density at radius 2 is 1.61 bits per heavy atom. The Morgan fingerprint density at radius 1 is 1.00 bits per heavy atom. The van der Waals surface area contributed by atoms with Gasteiger partial charge in [-0.05, 0) is 24.8 Å². The summed E-state index contributed by atoms with van der Waals surface area (Å²) in [5.74, 6) is -2.63. The van der Waals surface area contributed by atoms with Gasteiger partial charge in [0.2, 0.25) is 11.7 Å². The lowest BCUT2D eigenvalue weighted by Gasteiger charge is -2.27. The molecule has 1 unspecified atom stereocenters. The van der Waals surface area contributed by atoms with Crippen molar-refractivity contribution in [1.29, 1.82) is 0 Å². The lowest BCUT2D eigenvalue weighted by molar-refractivity contribution is -0.140. The van der Waals surface area contributed by atoms with Gasteiger partial charge in [-0.15, -0.1) is 0 Å². The highest BCUT2D eigenvalue weighted by molar-refractivity contribution is 6.38. The van der Waals surface area contributed by atoms with Gasteiger partial charge in [-0.2, -0.15) is 0 Å². The summed E-state index contributed by atoms with van der Waals surface area (Å²) in [5, 5.41) is 16.2. The second-order valence-electron chi connectivity index (χ2n) is 7.04. The van der Waals surface area contributed by atoms with Crippen molar-refractivity contribution in [3.63, 3.8) is 0 Å². The molecule has 1 aromatic carbocycles. The highest BCUT2D eigenvalue weighted by atomic mass is 16.4. The number of nitrogens with one attached hydrogen (secondary N) is 3. The van der Waals surface area contributed by atoms with Gasteiger partial charge < -0.3 is 21.1 Å². The third-order valence-electron chi connectivity index (χ3n) is 4.29.